The van der Waals surface area contributed by atoms with Crippen LogP contribution < -0.4 is 5.32 Å². The molecular formula is C13H19NO2. The number of carbonyl (C=O) groups is 1. The predicted molar refractivity (Wildman–Crippen MR) is 65.8 cm³/mol. The van der Waals surface area contributed by atoms with Gasteiger partial charge in [-0.3, -0.25) is 0 Å². The average molecular weight is 221 g/mol. The van der Waals surface area contributed by atoms with Gasteiger partial charge < -0.3 is 10.1 Å². The highest BCUT2D eigenvalue weighted by atomic mass is 16.5. The largest absolute Gasteiger partial charge is 0.465 e. The summed E-state index contributed by atoms with van der Waals surface area (Å²) in [5.41, 5.74) is 2.54. The van der Waals surface area contributed by atoms with Crippen LogP contribution in [-0.4, -0.2) is 19.6 Å². The molecule has 0 spiro atoms. The summed E-state index contributed by atoms with van der Waals surface area (Å²) < 4.78 is 4.76. The molecule has 0 unspecified atom stereocenters. The van der Waals surface area contributed by atoms with Crippen LogP contribution in [-0.2, 0) is 4.74 Å². The molecule has 1 N–H and O–H groups in total. The molecule has 0 aliphatic heterocycles. The van der Waals surface area contributed by atoms with Gasteiger partial charge in [0, 0.05) is 6.54 Å². The van der Waals surface area contributed by atoms with Crippen molar-refractivity contribution in [2.24, 2.45) is 5.92 Å². The first-order valence-corrected chi connectivity index (χ1v) is 5.48. The minimum atomic E-state index is -0.296. The van der Waals surface area contributed by atoms with Crippen molar-refractivity contribution in [1.29, 1.82) is 0 Å². The van der Waals surface area contributed by atoms with Crippen LogP contribution in [0.25, 0.3) is 0 Å². The highest BCUT2D eigenvalue weighted by molar-refractivity contribution is 5.96. The Hall–Kier alpha value is -1.51. The summed E-state index contributed by atoms with van der Waals surface area (Å²) in [5.74, 6) is 0.236. The normalized spacial score (nSPS) is 10.3. The maximum absolute atomic E-state index is 11.6. The summed E-state index contributed by atoms with van der Waals surface area (Å²) in [6, 6.07) is 5.62. The van der Waals surface area contributed by atoms with Gasteiger partial charge in [0.25, 0.3) is 0 Å². The zero-order valence-corrected chi connectivity index (χ0v) is 10.3. The Balaban J connectivity index is 2.99. The first-order valence-electron chi connectivity index (χ1n) is 5.48. The van der Waals surface area contributed by atoms with E-state index < -0.39 is 0 Å². The van der Waals surface area contributed by atoms with Crippen LogP contribution in [0.5, 0.6) is 0 Å². The van der Waals surface area contributed by atoms with E-state index >= 15 is 0 Å². The lowest BCUT2D eigenvalue weighted by atomic mass is 10.1. The number of ether oxygens (including phenoxy) is 1. The van der Waals surface area contributed by atoms with E-state index in [0.717, 1.165) is 17.8 Å². The molecule has 0 aliphatic carbocycles. The number of hydrogen-bond acceptors (Lipinski definition) is 3. The fraction of sp³-hybridized carbons (Fsp3) is 0.462. The van der Waals surface area contributed by atoms with Crippen molar-refractivity contribution in [2.45, 2.75) is 20.8 Å². The maximum atomic E-state index is 11.6. The molecule has 16 heavy (non-hydrogen) atoms. The molecule has 88 valence electrons. The first-order chi connectivity index (χ1) is 7.56. The van der Waals surface area contributed by atoms with Gasteiger partial charge in [0.1, 0.15) is 0 Å². The molecule has 3 heteroatoms. The zero-order valence-electron chi connectivity index (χ0n) is 10.3. The van der Waals surface area contributed by atoms with Gasteiger partial charge in [-0.2, -0.15) is 0 Å². The van der Waals surface area contributed by atoms with Gasteiger partial charge in [-0.15, -0.1) is 0 Å². The molecule has 0 saturated carbocycles. The summed E-state index contributed by atoms with van der Waals surface area (Å²) in [7, 11) is 1.40. The Morgan fingerprint density at radius 2 is 2.12 bits per heavy atom. The summed E-state index contributed by atoms with van der Waals surface area (Å²) in [6.45, 7) is 7.08. The number of carbonyl (C=O) groups excluding carboxylic acids is 1. The third-order valence-corrected chi connectivity index (χ3v) is 2.37. The van der Waals surface area contributed by atoms with Gasteiger partial charge in [0.15, 0.2) is 0 Å². The number of para-hydroxylation sites is 1. The Bertz CT molecular complexity index is 372. The minimum Gasteiger partial charge on any atom is -0.465 e. The topological polar surface area (TPSA) is 38.3 Å². The van der Waals surface area contributed by atoms with Gasteiger partial charge in [0.2, 0.25) is 0 Å². The van der Waals surface area contributed by atoms with E-state index in [-0.39, 0.29) is 5.97 Å². The van der Waals surface area contributed by atoms with E-state index in [0.29, 0.717) is 11.5 Å². The van der Waals surface area contributed by atoms with Crippen molar-refractivity contribution < 1.29 is 9.53 Å². The fourth-order valence-corrected chi connectivity index (χ4v) is 1.49. The summed E-state index contributed by atoms with van der Waals surface area (Å²) in [5, 5.41) is 3.30. The molecule has 0 amide bonds. The molecule has 0 bridgehead atoms. The lowest BCUT2D eigenvalue weighted by molar-refractivity contribution is 0.0601. The van der Waals surface area contributed by atoms with Gasteiger partial charge in [-0.1, -0.05) is 26.0 Å². The fourth-order valence-electron chi connectivity index (χ4n) is 1.49. The number of aryl methyl sites for hydroxylation is 1. The van der Waals surface area contributed by atoms with E-state index in [4.69, 9.17) is 4.74 Å². The number of benzene rings is 1. The molecule has 1 aromatic carbocycles. The highest BCUT2D eigenvalue weighted by Gasteiger charge is 2.13. The molecule has 0 radical (unpaired) electrons. The first kappa shape index (κ1) is 12.6. The smallest absolute Gasteiger partial charge is 0.339 e. The van der Waals surface area contributed by atoms with Crippen molar-refractivity contribution in [3.63, 3.8) is 0 Å². The number of methoxy groups -OCH3 is 1. The van der Waals surface area contributed by atoms with Crippen LogP contribution in [0.2, 0.25) is 0 Å². The molecule has 1 aromatic rings. The molecular weight excluding hydrogens is 202 g/mol. The van der Waals surface area contributed by atoms with Crippen LogP contribution in [0.4, 0.5) is 5.69 Å². The highest BCUT2D eigenvalue weighted by Crippen LogP contribution is 2.21. The predicted octanol–water partition coefficient (Wildman–Crippen LogP) is 2.85. The standard InChI is InChI=1S/C13H19NO2/c1-9(2)8-14-12-10(3)6-5-7-11(12)13(15)16-4/h5-7,9,14H,8H2,1-4H3. The van der Waals surface area contributed by atoms with Crippen LogP contribution in [0.15, 0.2) is 18.2 Å². The van der Waals surface area contributed by atoms with Crippen LogP contribution in [0.1, 0.15) is 29.8 Å². The Morgan fingerprint density at radius 3 is 2.69 bits per heavy atom. The monoisotopic (exact) mass is 221 g/mol. The average Bonchev–Trinajstić information content (AvgIpc) is 2.25. The molecule has 3 nitrogen and oxygen atoms in total. The molecule has 0 heterocycles. The molecule has 0 saturated heterocycles. The second kappa shape index (κ2) is 5.54. The van der Waals surface area contributed by atoms with Crippen LogP contribution in [0.3, 0.4) is 0 Å². The Labute approximate surface area is 96.8 Å². The Morgan fingerprint density at radius 1 is 1.44 bits per heavy atom. The van der Waals surface area contributed by atoms with Crippen molar-refractivity contribution >= 4 is 11.7 Å². The molecule has 0 atom stereocenters. The van der Waals surface area contributed by atoms with Crippen molar-refractivity contribution in [3.8, 4) is 0 Å². The molecule has 0 fully saturated rings. The van der Waals surface area contributed by atoms with Crippen molar-refractivity contribution in [2.75, 3.05) is 19.0 Å². The van der Waals surface area contributed by atoms with E-state index in [1.807, 2.05) is 19.1 Å². The number of anilines is 1. The van der Waals surface area contributed by atoms with Crippen LogP contribution in [0, 0.1) is 12.8 Å². The number of rotatable bonds is 4. The minimum absolute atomic E-state index is 0.296. The maximum Gasteiger partial charge on any atom is 0.339 e. The molecule has 0 aliphatic rings. The molecule has 1 rings (SSSR count). The zero-order chi connectivity index (χ0) is 12.1. The number of nitrogens with one attached hydrogen (secondary N) is 1. The summed E-state index contributed by atoms with van der Waals surface area (Å²) in [4.78, 5) is 11.6. The Kier molecular flexibility index (Phi) is 4.35. The third-order valence-electron chi connectivity index (χ3n) is 2.37. The molecule has 0 aromatic heterocycles. The summed E-state index contributed by atoms with van der Waals surface area (Å²) in [6.07, 6.45) is 0. The van der Waals surface area contributed by atoms with Crippen molar-refractivity contribution in [3.05, 3.63) is 29.3 Å². The second-order valence-electron chi connectivity index (χ2n) is 4.26. The quantitative estimate of drug-likeness (QED) is 0.794. The van der Waals surface area contributed by atoms with E-state index in [9.17, 15) is 4.79 Å². The number of esters is 1. The van der Waals surface area contributed by atoms with Gasteiger partial charge in [0.05, 0.1) is 18.4 Å². The summed E-state index contributed by atoms with van der Waals surface area (Å²) >= 11 is 0. The van der Waals surface area contributed by atoms with Gasteiger partial charge >= 0.3 is 5.97 Å². The van der Waals surface area contributed by atoms with E-state index in [1.165, 1.54) is 7.11 Å². The van der Waals surface area contributed by atoms with Gasteiger partial charge in [-0.05, 0) is 24.5 Å². The van der Waals surface area contributed by atoms with Crippen LogP contribution >= 0.6 is 0 Å². The lowest BCUT2D eigenvalue weighted by Gasteiger charge is -2.14. The lowest BCUT2D eigenvalue weighted by Crippen LogP contribution is -2.13. The van der Waals surface area contributed by atoms with E-state index in [2.05, 4.69) is 19.2 Å². The SMILES string of the molecule is COC(=O)c1cccc(C)c1NCC(C)C. The van der Waals surface area contributed by atoms with E-state index in [1.54, 1.807) is 6.07 Å². The van der Waals surface area contributed by atoms with Crippen molar-refractivity contribution in [1.82, 2.24) is 0 Å². The van der Waals surface area contributed by atoms with Gasteiger partial charge in [-0.25, -0.2) is 4.79 Å². The second-order valence-corrected chi connectivity index (χ2v) is 4.26. The number of hydrogen-bond donors (Lipinski definition) is 1. The third kappa shape index (κ3) is 2.99.